The van der Waals surface area contributed by atoms with Gasteiger partial charge < -0.3 is 19.3 Å². The van der Waals surface area contributed by atoms with Gasteiger partial charge >= 0.3 is 6.09 Å². The summed E-state index contributed by atoms with van der Waals surface area (Å²) >= 11 is 0. The summed E-state index contributed by atoms with van der Waals surface area (Å²) < 4.78 is 10.7. The Morgan fingerprint density at radius 1 is 1.19 bits per heavy atom. The summed E-state index contributed by atoms with van der Waals surface area (Å²) in [5.41, 5.74) is 1.38. The number of carbonyl (C=O) groups is 1. The molecule has 6 nitrogen and oxygen atoms in total. The number of allylic oxidation sites excluding steroid dienone is 1. The van der Waals surface area contributed by atoms with Crippen molar-refractivity contribution in [2.75, 3.05) is 39.9 Å². The van der Waals surface area contributed by atoms with Crippen molar-refractivity contribution in [3.63, 3.8) is 0 Å². The molecule has 0 radical (unpaired) electrons. The van der Waals surface area contributed by atoms with E-state index in [0.717, 1.165) is 45.4 Å². The van der Waals surface area contributed by atoms with E-state index in [4.69, 9.17) is 9.47 Å². The number of aliphatic imine (C=N–C) groups is 1. The lowest BCUT2D eigenvalue weighted by Gasteiger charge is -2.39. The number of methoxy groups -OCH3 is 1. The van der Waals surface area contributed by atoms with Crippen molar-refractivity contribution < 1.29 is 14.3 Å². The van der Waals surface area contributed by atoms with Gasteiger partial charge in [0.1, 0.15) is 0 Å². The molecular weight excluding hydrogens is 330 g/mol. The number of piperidine rings is 1. The number of likely N-dealkylation sites (tertiary alicyclic amines) is 2. The van der Waals surface area contributed by atoms with Crippen LogP contribution in [-0.4, -0.2) is 74.3 Å². The van der Waals surface area contributed by atoms with E-state index in [0.29, 0.717) is 18.6 Å². The van der Waals surface area contributed by atoms with E-state index in [2.05, 4.69) is 16.0 Å². The molecule has 0 bridgehead atoms. The maximum atomic E-state index is 12.0. The van der Waals surface area contributed by atoms with Crippen molar-refractivity contribution in [3.8, 4) is 0 Å². The van der Waals surface area contributed by atoms with Gasteiger partial charge in [0, 0.05) is 38.9 Å². The summed E-state index contributed by atoms with van der Waals surface area (Å²) in [6, 6.07) is 0.590. The zero-order valence-corrected chi connectivity index (χ0v) is 16.2. The van der Waals surface area contributed by atoms with Crippen LogP contribution in [0.25, 0.3) is 0 Å². The normalized spacial score (nSPS) is 28.5. The van der Waals surface area contributed by atoms with Gasteiger partial charge in [-0.05, 0) is 63.6 Å². The molecule has 2 saturated heterocycles. The summed E-state index contributed by atoms with van der Waals surface area (Å²) in [7, 11) is 1.75. The lowest BCUT2D eigenvalue weighted by Crippen LogP contribution is -2.43. The molecule has 0 N–H and O–H groups in total. The average molecular weight is 364 g/mol. The fraction of sp³-hybridized carbons (Fsp3) is 0.800. The molecule has 2 fully saturated rings. The molecule has 0 saturated carbocycles. The highest BCUT2D eigenvalue weighted by atomic mass is 16.6. The third kappa shape index (κ3) is 4.65. The first-order chi connectivity index (χ1) is 12.7. The van der Waals surface area contributed by atoms with Crippen LogP contribution in [0.2, 0.25) is 0 Å². The second kappa shape index (κ2) is 9.51. The van der Waals surface area contributed by atoms with Crippen LogP contribution in [0.15, 0.2) is 16.6 Å². The molecule has 1 amide bonds. The first-order valence-corrected chi connectivity index (χ1v) is 10.1. The van der Waals surface area contributed by atoms with E-state index in [9.17, 15) is 4.79 Å². The number of amides is 1. The molecule has 0 aromatic rings. The SMILES string of the molecule is CCOC(=O)N1CCCC(N2CCC(C3=CCC=NC3OC)CC2)CC1. The Labute approximate surface area is 157 Å². The van der Waals surface area contributed by atoms with Crippen LogP contribution in [-0.2, 0) is 9.47 Å². The van der Waals surface area contributed by atoms with Crippen LogP contribution < -0.4 is 0 Å². The molecule has 3 aliphatic heterocycles. The Bertz CT molecular complexity index is 526. The molecule has 2 atom stereocenters. The van der Waals surface area contributed by atoms with Crippen LogP contribution >= 0.6 is 0 Å². The minimum atomic E-state index is -0.151. The third-order valence-electron chi connectivity index (χ3n) is 5.95. The fourth-order valence-electron chi connectivity index (χ4n) is 4.54. The van der Waals surface area contributed by atoms with Gasteiger partial charge in [-0.3, -0.25) is 4.99 Å². The Morgan fingerprint density at radius 2 is 2.00 bits per heavy atom. The maximum Gasteiger partial charge on any atom is 0.409 e. The summed E-state index contributed by atoms with van der Waals surface area (Å²) in [5, 5.41) is 0. The van der Waals surface area contributed by atoms with E-state index in [1.165, 1.54) is 24.8 Å². The minimum absolute atomic E-state index is 0.0729. The van der Waals surface area contributed by atoms with Gasteiger partial charge in [0.25, 0.3) is 0 Å². The number of dihydropyridines is 1. The second-order valence-corrected chi connectivity index (χ2v) is 7.44. The summed E-state index contributed by atoms with van der Waals surface area (Å²) in [6.45, 7) is 6.22. The topological polar surface area (TPSA) is 54.4 Å². The van der Waals surface area contributed by atoms with Gasteiger partial charge in [-0.1, -0.05) is 6.08 Å². The molecule has 0 spiro atoms. The molecule has 0 aromatic heterocycles. The number of hydrogen-bond acceptors (Lipinski definition) is 5. The van der Waals surface area contributed by atoms with Gasteiger partial charge in [-0.2, -0.15) is 0 Å². The van der Waals surface area contributed by atoms with Gasteiger partial charge in [0.2, 0.25) is 0 Å². The average Bonchev–Trinajstić information content (AvgIpc) is 2.94. The molecule has 3 rings (SSSR count). The maximum absolute atomic E-state index is 12.0. The Hall–Kier alpha value is -1.40. The second-order valence-electron chi connectivity index (χ2n) is 7.44. The molecule has 3 aliphatic rings. The van der Waals surface area contributed by atoms with E-state index >= 15 is 0 Å². The van der Waals surface area contributed by atoms with Crippen LogP contribution in [0.4, 0.5) is 4.79 Å². The zero-order chi connectivity index (χ0) is 18.4. The van der Waals surface area contributed by atoms with Crippen molar-refractivity contribution in [1.29, 1.82) is 0 Å². The monoisotopic (exact) mass is 363 g/mol. The minimum Gasteiger partial charge on any atom is -0.450 e. The van der Waals surface area contributed by atoms with Gasteiger partial charge in [-0.25, -0.2) is 4.79 Å². The molecule has 26 heavy (non-hydrogen) atoms. The van der Waals surface area contributed by atoms with Gasteiger partial charge in [-0.15, -0.1) is 0 Å². The van der Waals surface area contributed by atoms with Crippen LogP contribution in [0.5, 0.6) is 0 Å². The molecule has 146 valence electrons. The first-order valence-electron chi connectivity index (χ1n) is 10.1. The van der Waals surface area contributed by atoms with Crippen molar-refractivity contribution in [1.82, 2.24) is 9.80 Å². The number of rotatable bonds is 4. The highest BCUT2D eigenvalue weighted by molar-refractivity contribution is 5.67. The van der Waals surface area contributed by atoms with Crippen molar-refractivity contribution in [2.24, 2.45) is 10.9 Å². The number of carbonyl (C=O) groups excluding carboxylic acids is 1. The van der Waals surface area contributed by atoms with Crippen LogP contribution in [0.3, 0.4) is 0 Å². The quantitative estimate of drug-likeness (QED) is 0.720. The van der Waals surface area contributed by atoms with E-state index in [1.807, 2.05) is 18.0 Å². The van der Waals surface area contributed by atoms with E-state index < -0.39 is 0 Å². The largest absolute Gasteiger partial charge is 0.450 e. The molecule has 3 heterocycles. The molecular formula is C20H33N3O3. The predicted octanol–water partition coefficient (Wildman–Crippen LogP) is 3.08. The van der Waals surface area contributed by atoms with Gasteiger partial charge in [0.05, 0.1) is 6.61 Å². The summed E-state index contributed by atoms with van der Waals surface area (Å²) in [4.78, 5) is 21.0. The summed E-state index contributed by atoms with van der Waals surface area (Å²) in [5.74, 6) is 0.593. The number of hydrogen-bond donors (Lipinski definition) is 0. The van der Waals surface area contributed by atoms with E-state index in [-0.39, 0.29) is 12.3 Å². The lowest BCUT2D eigenvalue weighted by atomic mass is 9.86. The van der Waals surface area contributed by atoms with Crippen LogP contribution in [0, 0.1) is 5.92 Å². The summed E-state index contributed by atoms with van der Waals surface area (Å²) in [6.07, 6.45) is 10.6. The fourth-order valence-corrected chi connectivity index (χ4v) is 4.54. The molecule has 0 aliphatic carbocycles. The molecule has 0 aromatic carbocycles. The standard InChI is InChI=1S/C20H33N3O3/c1-3-26-20(24)23-12-5-6-17(10-15-23)22-13-8-16(9-14-22)18-7-4-11-21-19(18)25-2/h7,11,16-17,19H,3-6,8-10,12-15H2,1-2H3. The molecule has 2 unspecified atom stereocenters. The van der Waals surface area contributed by atoms with E-state index in [1.54, 1.807) is 7.11 Å². The number of ether oxygens (including phenoxy) is 2. The highest BCUT2D eigenvalue weighted by Gasteiger charge is 2.31. The van der Waals surface area contributed by atoms with Crippen molar-refractivity contribution >= 4 is 12.3 Å². The van der Waals surface area contributed by atoms with Crippen LogP contribution in [0.1, 0.15) is 45.4 Å². The first kappa shape index (κ1) is 19.4. The van der Waals surface area contributed by atoms with Crippen molar-refractivity contribution in [3.05, 3.63) is 11.6 Å². The smallest absolute Gasteiger partial charge is 0.409 e. The Morgan fingerprint density at radius 3 is 2.73 bits per heavy atom. The van der Waals surface area contributed by atoms with Gasteiger partial charge in [0.15, 0.2) is 6.23 Å². The predicted molar refractivity (Wildman–Crippen MR) is 103 cm³/mol. The zero-order valence-electron chi connectivity index (χ0n) is 16.2. The lowest BCUT2D eigenvalue weighted by molar-refractivity contribution is 0.0959. The third-order valence-corrected chi connectivity index (χ3v) is 5.95. The number of nitrogens with zero attached hydrogens (tertiary/aromatic N) is 3. The van der Waals surface area contributed by atoms with Crippen molar-refractivity contribution in [2.45, 2.75) is 57.7 Å². The Kier molecular flexibility index (Phi) is 7.08. The molecule has 6 heteroatoms. The highest BCUT2D eigenvalue weighted by Crippen LogP contribution is 2.32. The Balaban J connectivity index is 1.49.